The van der Waals surface area contributed by atoms with Gasteiger partial charge in [0.25, 0.3) is 0 Å². The predicted molar refractivity (Wildman–Crippen MR) is 95.2 cm³/mol. The Kier molecular flexibility index (Phi) is 6.55. The van der Waals surface area contributed by atoms with Crippen molar-refractivity contribution >= 4 is 17.5 Å². The number of nitrogens with one attached hydrogen (secondary N) is 2. The van der Waals surface area contributed by atoms with Gasteiger partial charge in [-0.25, -0.2) is 0 Å². The van der Waals surface area contributed by atoms with Crippen LogP contribution in [0.4, 0.5) is 5.69 Å². The average Bonchev–Trinajstić information content (AvgIpc) is 3.16. The number of amides is 2. The summed E-state index contributed by atoms with van der Waals surface area (Å²) in [6.07, 6.45) is 5.51. The average molecular weight is 351 g/mol. The largest absolute Gasteiger partial charge is 0.376 e. The van der Waals surface area contributed by atoms with Gasteiger partial charge in [-0.05, 0) is 32.4 Å². The maximum Gasteiger partial charge on any atom is 0.313 e. The zero-order valence-corrected chi connectivity index (χ0v) is 15.5. The second-order valence-electron chi connectivity index (χ2n) is 7.62. The van der Waals surface area contributed by atoms with Gasteiger partial charge in [0.05, 0.1) is 24.5 Å². The topological polar surface area (TPSA) is 88.5 Å². The Hall–Kier alpha value is -1.93. The van der Waals surface area contributed by atoms with E-state index in [4.69, 9.17) is 4.74 Å². The third-order valence-electron chi connectivity index (χ3n) is 3.98. The molecule has 2 N–H and O–H groups in total. The molecule has 0 saturated carbocycles. The first-order chi connectivity index (χ1) is 11.7. The minimum absolute atomic E-state index is 0.119. The molecule has 0 bridgehead atoms. The molecule has 1 aliphatic heterocycles. The van der Waals surface area contributed by atoms with Crippen molar-refractivity contribution in [3.63, 3.8) is 0 Å². The maximum absolute atomic E-state index is 12.0. The molecular weight excluding hydrogens is 322 g/mol. The minimum Gasteiger partial charge on any atom is -0.376 e. The summed E-state index contributed by atoms with van der Waals surface area (Å²) in [6.45, 7) is 6.77. The zero-order valence-electron chi connectivity index (χ0n) is 15.5. The third kappa shape index (κ3) is 6.47. The zero-order chi connectivity index (χ0) is 18.4. The van der Waals surface area contributed by atoms with E-state index in [0.29, 0.717) is 18.8 Å². The fraction of sp³-hybridized carbons (Fsp3) is 0.706. The molecule has 8 heteroatoms. The molecule has 0 unspecified atom stereocenters. The van der Waals surface area contributed by atoms with Crippen molar-refractivity contribution in [2.24, 2.45) is 5.41 Å². The molecule has 1 aromatic heterocycles. The number of carbonyl (C=O) groups is 2. The van der Waals surface area contributed by atoms with Crippen molar-refractivity contribution in [2.45, 2.75) is 39.3 Å². The molecule has 1 aromatic rings. The maximum atomic E-state index is 12.0. The fourth-order valence-corrected chi connectivity index (χ4v) is 3.02. The highest BCUT2D eigenvalue weighted by Crippen LogP contribution is 2.15. The van der Waals surface area contributed by atoms with Crippen LogP contribution in [0.3, 0.4) is 0 Å². The van der Waals surface area contributed by atoms with E-state index < -0.39 is 11.8 Å². The number of nitrogens with zero attached hydrogens (tertiary/aromatic N) is 3. The van der Waals surface area contributed by atoms with E-state index in [9.17, 15) is 9.59 Å². The number of rotatable bonds is 7. The lowest BCUT2D eigenvalue weighted by Gasteiger charge is -2.28. The molecule has 2 amide bonds. The SMILES string of the molecule is CN(C)CC(C)(C)CNC(=O)C(=O)Nc1cnn(C[C@@H]2CCCO2)c1. The lowest BCUT2D eigenvalue weighted by Crippen LogP contribution is -2.43. The first-order valence-corrected chi connectivity index (χ1v) is 8.63. The van der Waals surface area contributed by atoms with Crippen molar-refractivity contribution in [3.8, 4) is 0 Å². The quantitative estimate of drug-likeness (QED) is 0.706. The first-order valence-electron chi connectivity index (χ1n) is 8.63. The fourth-order valence-electron chi connectivity index (χ4n) is 3.02. The second-order valence-corrected chi connectivity index (χ2v) is 7.62. The molecule has 0 spiro atoms. The Morgan fingerprint density at radius 2 is 2.16 bits per heavy atom. The molecule has 0 aromatic carbocycles. The van der Waals surface area contributed by atoms with Crippen molar-refractivity contribution in [2.75, 3.05) is 39.1 Å². The molecule has 2 rings (SSSR count). The lowest BCUT2D eigenvalue weighted by atomic mass is 9.93. The van der Waals surface area contributed by atoms with E-state index in [1.165, 1.54) is 6.20 Å². The van der Waals surface area contributed by atoms with Gasteiger partial charge in [0.1, 0.15) is 0 Å². The lowest BCUT2D eigenvalue weighted by molar-refractivity contribution is -0.136. The van der Waals surface area contributed by atoms with Crippen LogP contribution in [0.1, 0.15) is 26.7 Å². The Bertz CT molecular complexity index is 591. The number of ether oxygens (including phenoxy) is 1. The highest BCUT2D eigenvalue weighted by molar-refractivity contribution is 6.39. The van der Waals surface area contributed by atoms with Gasteiger partial charge in [0, 0.05) is 25.9 Å². The molecule has 140 valence electrons. The van der Waals surface area contributed by atoms with Crippen molar-refractivity contribution < 1.29 is 14.3 Å². The smallest absolute Gasteiger partial charge is 0.313 e. The molecule has 0 aliphatic carbocycles. The van der Waals surface area contributed by atoms with Gasteiger partial charge >= 0.3 is 11.8 Å². The van der Waals surface area contributed by atoms with E-state index in [0.717, 1.165) is 26.0 Å². The summed E-state index contributed by atoms with van der Waals surface area (Å²) >= 11 is 0. The van der Waals surface area contributed by atoms with Gasteiger partial charge in [-0.1, -0.05) is 13.8 Å². The van der Waals surface area contributed by atoms with Gasteiger partial charge in [-0.2, -0.15) is 5.10 Å². The minimum atomic E-state index is -0.683. The van der Waals surface area contributed by atoms with E-state index in [2.05, 4.69) is 20.6 Å². The number of hydrogen-bond acceptors (Lipinski definition) is 5. The molecule has 1 saturated heterocycles. The van der Waals surface area contributed by atoms with Gasteiger partial charge in [-0.15, -0.1) is 0 Å². The molecule has 0 radical (unpaired) electrons. The van der Waals surface area contributed by atoms with E-state index in [1.54, 1.807) is 10.9 Å². The van der Waals surface area contributed by atoms with Crippen LogP contribution in [0.15, 0.2) is 12.4 Å². The van der Waals surface area contributed by atoms with Gasteiger partial charge < -0.3 is 20.3 Å². The van der Waals surface area contributed by atoms with Gasteiger partial charge in [0.15, 0.2) is 0 Å². The third-order valence-corrected chi connectivity index (χ3v) is 3.98. The van der Waals surface area contributed by atoms with Crippen LogP contribution in [0, 0.1) is 5.41 Å². The van der Waals surface area contributed by atoms with Crippen LogP contribution in [0.5, 0.6) is 0 Å². The molecule has 1 atom stereocenters. The number of aromatic nitrogens is 2. The summed E-state index contributed by atoms with van der Waals surface area (Å²) in [5.41, 5.74) is 0.386. The highest BCUT2D eigenvalue weighted by atomic mass is 16.5. The molecular formula is C17H29N5O3. The Balaban J connectivity index is 1.78. The Morgan fingerprint density at radius 1 is 1.40 bits per heavy atom. The molecule has 1 aliphatic rings. The van der Waals surface area contributed by atoms with Crippen LogP contribution in [-0.2, 0) is 20.9 Å². The molecule has 1 fully saturated rings. The van der Waals surface area contributed by atoms with E-state index in [-0.39, 0.29) is 11.5 Å². The van der Waals surface area contributed by atoms with Crippen molar-refractivity contribution in [3.05, 3.63) is 12.4 Å². The molecule has 2 heterocycles. The van der Waals surface area contributed by atoms with E-state index in [1.807, 2.05) is 27.9 Å². The summed E-state index contributed by atoms with van der Waals surface area (Å²) in [7, 11) is 3.95. The summed E-state index contributed by atoms with van der Waals surface area (Å²) in [5.74, 6) is -1.32. The van der Waals surface area contributed by atoms with Crippen LogP contribution >= 0.6 is 0 Å². The van der Waals surface area contributed by atoms with Crippen molar-refractivity contribution in [1.82, 2.24) is 20.0 Å². The van der Waals surface area contributed by atoms with Crippen LogP contribution in [0.25, 0.3) is 0 Å². The van der Waals surface area contributed by atoms with Gasteiger partial charge in [-0.3, -0.25) is 14.3 Å². The van der Waals surface area contributed by atoms with Crippen molar-refractivity contribution in [1.29, 1.82) is 0 Å². The monoisotopic (exact) mass is 351 g/mol. The predicted octanol–water partition coefficient (Wildman–Crippen LogP) is 0.705. The van der Waals surface area contributed by atoms with E-state index >= 15 is 0 Å². The number of hydrogen-bond donors (Lipinski definition) is 2. The second kappa shape index (κ2) is 8.44. The summed E-state index contributed by atoms with van der Waals surface area (Å²) < 4.78 is 7.29. The van der Waals surface area contributed by atoms with Crippen LogP contribution in [0.2, 0.25) is 0 Å². The van der Waals surface area contributed by atoms with Crippen LogP contribution < -0.4 is 10.6 Å². The Labute approximate surface area is 148 Å². The molecule has 8 nitrogen and oxygen atoms in total. The first kappa shape index (κ1) is 19.4. The summed E-state index contributed by atoms with van der Waals surface area (Å²) in [6, 6.07) is 0. The summed E-state index contributed by atoms with van der Waals surface area (Å²) in [4.78, 5) is 26.0. The number of anilines is 1. The number of carbonyl (C=O) groups excluding carboxylic acids is 2. The summed E-state index contributed by atoms with van der Waals surface area (Å²) in [5, 5.41) is 9.46. The standard InChI is InChI=1S/C17H29N5O3/c1-17(2,12-21(3)4)11-18-15(23)16(24)20-13-8-19-22(9-13)10-14-6-5-7-25-14/h8-9,14H,5-7,10-12H2,1-4H3,(H,18,23)(H,20,24)/t14-/m0/s1. The normalized spacial score (nSPS) is 17.7. The Morgan fingerprint density at radius 3 is 2.80 bits per heavy atom. The van der Waals surface area contributed by atoms with Gasteiger partial charge in [0.2, 0.25) is 0 Å². The molecule has 25 heavy (non-hydrogen) atoms. The highest BCUT2D eigenvalue weighted by Gasteiger charge is 2.22. The van der Waals surface area contributed by atoms with Crippen LogP contribution in [-0.4, -0.2) is 66.4 Å².